The molecule has 3 aromatic rings. The maximum Gasteiger partial charge on any atom is 0.158 e. The van der Waals surface area contributed by atoms with Crippen LogP contribution in [0.25, 0.3) is 11.1 Å². The maximum atomic E-state index is 8.88. The summed E-state index contributed by atoms with van der Waals surface area (Å²) in [5.74, 6) is 2.01. The number of aromatic nitrogens is 3. The van der Waals surface area contributed by atoms with E-state index >= 15 is 0 Å². The standard InChI is InChI=1S/C22H23N7O/c1-30-18-4-2-15(3-5-18)19-13-27-21(29-22-14-25-17(11-23)12-26-22)10-20(19)28-16-6-8-24-9-7-16/h2-5,10,12-14,16,24H,6-9H2,1H3,(H2,26,27,28,29). The van der Waals surface area contributed by atoms with Crippen molar-refractivity contribution in [3.05, 3.63) is 54.6 Å². The van der Waals surface area contributed by atoms with Gasteiger partial charge in [0.1, 0.15) is 23.5 Å². The molecule has 1 aliphatic rings. The van der Waals surface area contributed by atoms with Crippen molar-refractivity contribution in [2.75, 3.05) is 30.8 Å². The van der Waals surface area contributed by atoms with Gasteiger partial charge in [0.15, 0.2) is 5.69 Å². The molecule has 3 heterocycles. The lowest BCUT2D eigenvalue weighted by Crippen LogP contribution is -2.35. The van der Waals surface area contributed by atoms with E-state index < -0.39 is 0 Å². The normalized spacial score (nSPS) is 14.0. The number of hydrogen-bond acceptors (Lipinski definition) is 8. The Hall–Kier alpha value is -3.70. The second-order valence-electron chi connectivity index (χ2n) is 7.04. The number of ether oxygens (including phenoxy) is 1. The van der Waals surface area contributed by atoms with Crippen LogP contribution in [0.2, 0.25) is 0 Å². The predicted molar refractivity (Wildman–Crippen MR) is 116 cm³/mol. The lowest BCUT2D eigenvalue weighted by atomic mass is 10.0. The van der Waals surface area contributed by atoms with Gasteiger partial charge in [0.05, 0.1) is 19.5 Å². The highest BCUT2D eigenvalue weighted by molar-refractivity contribution is 5.80. The highest BCUT2D eigenvalue weighted by atomic mass is 16.5. The van der Waals surface area contributed by atoms with Crippen LogP contribution in [0.4, 0.5) is 17.3 Å². The minimum absolute atomic E-state index is 0.275. The molecule has 152 valence electrons. The molecule has 1 aliphatic heterocycles. The molecule has 8 nitrogen and oxygen atoms in total. The average molecular weight is 401 g/mol. The molecule has 0 bridgehead atoms. The zero-order valence-corrected chi connectivity index (χ0v) is 16.7. The number of nitriles is 1. The Morgan fingerprint density at radius 1 is 1.03 bits per heavy atom. The van der Waals surface area contributed by atoms with Gasteiger partial charge in [-0.1, -0.05) is 12.1 Å². The van der Waals surface area contributed by atoms with Gasteiger partial charge < -0.3 is 20.7 Å². The third-order valence-corrected chi connectivity index (χ3v) is 5.03. The van der Waals surface area contributed by atoms with Crippen LogP contribution >= 0.6 is 0 Å². The zero-order chi connectivity index (χ0) is 20.8. The van der Waals surface area contributed by atoms with Gasteiger partial charge in [-0.15, -0.1) is 0 Å². The summed E-state index contributed by atoms with van der Waals surface area (Å²) in [7, 11) is 1.66. The van der Waals surface area contributed by atoms with Crippen molar-refractivity contribution in [1.82, 2.24) is 20.3 Å². The molecule has 1 aromatic carbocycles. The molecule has 0 spiro atoms. The number of hydrogen-bond donors (Lipinski definition) is 3. The first kappa shape index (κ1) is 19.6. The summed E-state index contributed by atoms with van der Waals surface area (Å²) in [5, 5.41) is 19.1. The van der Waals surface area contributed by atoms with E-state index in [1.165, 1.54) is 12.4 Å². The van der Waals surface area contributed by atoms with Crippen LogP contribution in [0, 0.1) is 11.3 Å². The van der Waals surface area contributed by atoms with Gasteiger partial charge in [-0.05, 0) is 43.6 Å². The fraction of sp³-hybridized carbons (Fsp3) is 0.273. The van der Waals surface area contributed by atoms with Gasteiger partial charge in [0.25, 0.3) is 0 Å². The number of rotatable bonds is 6. The largest absolute Gasteiger partial charge is 0.497 e. The number of benzene rings is 1. The second-order valence-corrected chi connectivity index (χ2v) is 7.04. The monoisotopic (exact) mass is 401 g/mol. The van der Waals surface area contributed by atoms with Gasteiger partial charge in [-0.3, -0.25) is 0 Å². The molecule has 0 unspecified atom stereocenters. The first-order chi connectivity index (χ1) is 14.7. The molecular weight excluding hydrogens is 378 g/mol. The molecule has 1 fully saturated rings. The van der Waals surface area contributed by atoms with E-state index in [0.717, 1.165) is 48.5 Å². The summed E-state index contributed by atoms with van der Waals surface area (Å²) in [6.45, 7) is 2.01. The Balaban J connectivity index is 1.63. The van der Waals surface area contributed by atoms with E-state index in [2.05, 4.69) is 30.9 Å². The summed E-state index contributed by atoms with van der Waals surface area (Å²) >= 11 is 0. The first-order valence-electron chi connectivity index (χ1n) is 9.86. The molecule has 0 atom stereocenters. The van der Waals surface area contributed by atoms with E-state index in [1.807, 2.05) is 42.6 Å². The number of nitrogens with zero attached hydrogens (tertiary/aromatic N) is 4. The molecule has 8 heteroatoms. The molecule has 1 saturated heterocycles. The minimum Gasteiger partial charge on any atom is -0.497 e. The van der Waals surface area contributed by atoms with E-state index in [-0.39, 0.29) is 5.69 Å². The smallest absolute Gasteiger partial charge is 0.158 e. The Morgan fingerprint density at radius 2 is 1.80 bits per heavy atom. The van der Waals surface area contributed by atoms with E-state index in [1.54, 1.807) is 7.11 Å². The molecule has 0 saturated carbocycles. The molecule has 3 N–H and O–H groups in total. The van der Waals surface area contributed by atoms with Crippen LogP contribution in [-0.4, -0.2) is 41.2 Å². The van der Waals surface area contributed by atoms with Crippen molar-refractivity contribution in [1.29, 1.82) is 5.26 Å². The second kappa shape index (κ2) is 9.20. The van der Waals surface area contributed by atoms with Gasteiger partial charge in [-0.2, -0.15) is 5.26 Å². The molecule has 4 rings (SSSR count). The lowest BCUT2D eigenvalue weighted by molar-refractivity contribution is 0.415. The highest BCUT2D eigenvalue weighted by Gasteiger charge is 2.16. The summed E-state index contributed by atoms with van der Waals surface area (Å²) in [5.41, 5.74) is 3.36. The number of piperidine rings is 1. The van der Waals surface area contributed by atoms with Crippen LogP contribution < -0.4 is 20.7 Å². The zero-order valence-electron chi connectivity index (χ0n) is 16.7. The molecule has 0 radical (unpaired) electrons. The Labute approximate surface area is 175 Å². The van der Waals surface area contributed by atoms with Crippen molar-refractivity contribution < 1.29 is 4.74 Å². The molecule has 2 aromatic heterocycles. The fourth-order valence-electron chi connectivity index (χ4n) is 3.41. The van der Waals surface area contributed by atoms with Gasteiger partial charge in [0, 0.05) is 29.6 Å². The maximum absolute atomic E-state index is 8.88. The van der Waals surface area contributed by atoms with Crippen LogP contribution in [0.15, 0.2) is 48.9 Å². The van der Waals surface area contributed by atoms with Gasteiger partial charge in [-0.25, -0.2) is 15.0 Å². The molecule has 30 heavy (non-hydrogen) atoms. The third kappa shape index (κ3) is 4.64. The van der Waals surface area contributed by atoms with Crippen LogP contribution in [0.5, 0.6) is 5.75 Å². The van der Waals surface area contributed by atoms with E-state index in [4.69, 9.17) is 10.00 Å². The number of pyridine rings is 1. The minimum atomic E-state index is 0.275. The Morgan fingerprint density at radius 3 is 2.47 bits per heavy atom. The van der Waals surface area contributed by atoms with Crippen molar-refractivity contribution >= 4 is 17.3 Å². The van der Waals surface area contributed by atoms with Crippen LogP contribution in [-0.2, 0) is 0 Å². The van der Waals surface area contributed by atoms with Gasteiger partial charge >= 0.3 is 0 Å². The Kier molecular flexibility index (Phi) is 6.01. The van der Waals surface area contributed by atoms with Gasteiger partial charge in [0.2, 0.25) is 0 Å². The van der Waals surface area contributed by atoms with Crippen molar-refractivity contribution in [2.24, 2.45) is 0 Å². The summed E-state index contributed by atoms with van der Waals surface area (Å²) in [4.78, 5) is 12.8. The highest BCUT2D eigenvalue weighted by Crippen LogP contribution is 2.32. The average Bonchev–Trinajstić information content (AvgIpc) is 2.81. The summed E-state index contributed by atoms with van der Waals surface area (Å²) < 4.78 is 5.28. The van der Waals surface area contributed by atoms with E-state index in [9.17, 15) is 0 Å². The fourth-order valence-corrected chi connectivity index (χ4v) is 3.41. The quantitative estimate of drug-likeness (QED) is 0.577. The summed E-state index contributed by atoms with van der Waals surface area (Å²) in [6.07, 6.45) is 6.94. The van der Waals surface area contributed by atoms with Crippen LogP contribution in [0.3, 0.4) is 0 Å². The summed E-state index contributed by atoms with van der Waals surface area (Å²) in [6, 6.07) is 12.3. The SMILES string of the molecule is COc1ccc(-c2cnc(Nc3cnc(C#N)cn3)cc2NC2CCNCC2)cc1. The third-order valence-electron chi connectivity index (χ3n) is 5.03. The lowest BCUT2D eigenvalue weighted by Gasteiger charge is -2.26. The molecule has 0 aliphatic carbocycles. The molecular formula is C22H23N7O. The number of anilines is 3. The predicted octanol–water partition coefficient (Wildman–Crippen LogP) is 3.33. The van der Waals surface area contributed by atoms with Crippen molar-refractivity contribution in [3.63, 3.8) is 0 Å². The first-order valence-corrected chi connectivity index (χ1v) is 9.86. The number of methoxy groups -OCH3 is 1. The molecule has 0 amide bonds. The van der Waals surface area contributed by atoms with Crippen LogP contribution in [0.1, 0.15) is 18.5 Å². The van der Waals surface area contributed by atoms with Crippen molar-refractivity contribution in [3.8, 4) is 22.9 Å². The van der Waals surface area contributed by atoms with E-state index in [0.29, 0.717) is 17.7 Å². The van der Waals surface area contributed by atoms with Crippen molar-refractivity contribution in [2.45, 2.75) is 18.9 Å². The topological polar surface area (TPSA) is 108 Å². The Bertz CT molecular complexity index is 1020. The number of nitrogens with one attached hydrogen (secondary N) is 3.